The first-order valence-electron chi connectivity index (χ1n) is 7.71. The topological polar surface area (TPSA) is 51.2 Å². The van der Waals surface area contributed by atoms with Crippen LogP contribution in [0.1, 0.15) is 10.4 Å². The summed E-state index contributed by atoms with van der Waals surface area (Å²) >= 11 is 0. The summed E-state index contributed by atoms with van der Waals surface area (Å²) < 4.78 is 19.1. The Morgan fingerprint density at radius 3 is 2.80 bits per heavy atom. The van der Waals surface area contributed by atoms with Gasteiger partial charge in [-0.3, -0.25) is 9.78 Å². The molecule has 0 aliphatic carbocycles. The molecule has 0 aliphatic rings. The third kappa shape index (κ3) is 4.12. The van der Waals surface area contributed by atoms with Gasteiger partial charge in [0.15, 0.2) is 0 Å². The highest BCUT2D eigenvalue weighted by molar-refractivity contribution is 5.94. The molecule has 0 unspecified atom stereocenters. The summed E-state index contributed by atoms with van der Waals surface area (Å²) in [5.74, 6) is 5.19. The predicted octanol–water partition coefficient (Wildman–Crippen LogP) is 3.19. The van der Waals surface area contributed by atoms with Crippen molar-refractivity contribution in [1.82, 2.24) is 10.3 Å². The SMILES string of the molecule is O=C(NCC#CCOc1cccc2cccnc12)c1ccccc1F. The van der Waals surface area contributed by atoms with Crippen molar-refractivity contribution in [1.29, 1.82) is 0 Å². The van der Waals surface area contributed by atoms with Crippen molar-refractivity contribution >= 4 is 16.8 Å². The van der Waals surface area contributed by atoms with Crippen molar-refractivity contribution in [2.45, 2.75) is 0 Å². The third-order valence-corrected chi connectivity index (χ3v) is 3.48. The molecular formula is C20H15FN2O2. The second-order valence-corrected chi connectivity index (χ2v) is 5.14. The van der Waals surface area contributed by atoms with Crippen molar-refractivity contribution in [3.8, 4) is 17.6 Å². The summed E-state index contributed by atoms with van der Waals surface area (Å²) in [6.07, 6.45) is 1.71. The molecule has 0 saturated carbocycles. The number of amides is 1. The first-order valence-corrected chi connectivity index (χ1v) is 7.71. The number of aromatic nitrogens is 1. The van der Waals surface area contributed by atoms with E-state index in [4.69, 9.17) is 4.74 Å². The van der Waals surface area contributed by atoms with Crippen LogP contribution in [0.25, 0.3) is 10.9 Å². The van der Waals surface area contributed by atoms with Crippen molar-refractivity contribution in [2.24, 2.45) is 0 Å². The molecular weight excluding hydrogens is 319 g/mol. The summed E-state index contributed by atoms with van der Waals surface area (Å²) in [5.41, 5.74) is 0.780. The smallest absolute Gasteiger partial charge is 0.255 e. The molecule has 0 radical (unpaired) electrons. The van der Waals surface area contributed by atoms with E-state index in [1.54, 1.807) is 12.3 Å². The van der Waals surface area contributed by atoms with Crippen LogP contribution in [0.3, 0.4) is 0 Å². The third-order valence-electron chi connectivity index (χ3n) is 3.48. The highest BCUT2D eigenvalue weighted by atomic mass is 19.1. The largest absolute Gasteiger partial charge is 0.479 e. The van der Waals surface area contributed by atoms with Gasteiger partial charge in [0.05, 0.1) is 12.1 Å². The normalized spacial score (nSPS) is 9.96. The van der Waals surface area contributed by atoms with Gasteiger partial charge < -0.3 is 10.1 Å². The van der Waals surface area contributed by atoms with Gasteiger partial charge in [0.1, 0.15) is 23.7 Å². The summed E-state index contributed by atoms with van der Waals surface area (Å²) in [5, 5.41) is 3.54. The number of halogens is 1. The maximum atomic E-state index is 13.5. The van der Waals surface area contributed by atoms with Gasteiger partial charge in [-0.1, -0.05) is 42.2 Å². The number of rotatable bonds is 4. The molecule has 1 amide bonds. The van der Waals surface area contributed by atoms with Crippen LogP contribution in [-0.4, -0.2) is 24.0 Å². The molecule has 3 rings (SSSR count). The van der Waals surface area contributed by atoms with Gasteiger partial charge in [0.2, 0.25) is 0 Å². The van der Waals surface area contributed by atoms with E-state index < -0.39 is 11.7 Å². The number of hydrogen-bond donors (Lipinski definition) is 1. The Morgan fingerprint density at radius 1 is 1.08 bits per heavy atom. The van der Waals surface area contributed by atoms with Gasteiger partial charge in [-0.05, 0) is 24.3 Å². The maximum Gasteiger partial charge on any atom is 0.255 e. The monoisotopic (exact) mass is 334 g/mol. The molecule has 0 fully saturated rings. The number of benzene rings is 2. The first kappa shape index (κ1) is 16.5. The van der Waals surface area contributed by atoms with Gasteiger partial charge >= 0.3 is 0 Å². The molecule has 1 N–H and O–H groups in total. The van der Waals surface area contributed by atoms with Crippen molar-refractivity contribution in [3.05, 3.63) is 72.2 Å². The molecule has 0 saturated heterocycles. The molecule has 0 bridgehead atoms. The fourth-order valence-electron chi connectivity index (χ4n) is 2.29. The molecule has 1 heterocycles. The number of carbonyl (C=O) groups is 1. The number of pyridine rings is 1. The summed E-state index contributed by atoms with van der Waals surface area (Å²) in [6, 6.07) is 15.3. The Kier molecular flexibility index (Phi) is 5.22. The zero-order valence-corrected chi connectivity index (χ0v) is 13.3. The lowest BCUT2D eigenvalue weighted by atomic mass is 10.2. The maximum absolute atomic E-state index is 13.5. The molecule has 25 heavy (non-hydrogen) atoms. The van der Waals surface area contributed by atoms with Crippen LogP contribution in [0.15, 0.2) is 60.8 Å². The average Bonchev–Trinajstić information content (AvgIpc) is 2.65. The van der Waals surface area contributed by atoms with Crippen LogP contribution in [-0.2, 0) is 0 Å². The minimum atomic E-state index is -0.556. The summed E-state index contributed by atoms with van der Waals surface area (Å²) in [6.45, 7) is 0.287. The van der Waals surface area contributed by atoms with Crippen LogP contribution in [0, 0.1) is 17.7 Å². The zero-order valence-electron chi connectivity index (χ0n) is 13.3. The van der Waals surface area contributed by atoms with E-state index in [9.17, 15) is 9.18 Å². The molecule has 0 spiro atoms. The standard InChI is InChI=1S/C20H15FN2O2/c21-17-10-2-1-9-16(17)20(24)23-12-3-4-14-25-18-11-5-7-15-8-6-13-22-19(15)18/h1-2,5-11,13H,12,14H2,(H,23,24). The zero-order chi connectivity index (χ0) is 17.5. The number of nitrogens with one attached hydrogen (secondary N) is 1. The summed E-state index contributed by atoms with van der Waals surface area (Å²) in [7, 11) is 0. The lowest BCUT2D eigenvalue weighted by Crippen LogP contribution is -2.24. The van der Waals surface area contributed by atoms with E-state index in [1.807, 2.05) is 30.3 Å². The van der Waals surface area contributed by atoms with E-state index in [0.29, 0.717) is 5.75 Å². The lowest BCUT2D eigenvalue weighted by molar-refractivity contribution is 0.0954. The van der Waals surface area contributed by atoms with E-state index in [-0.39, 0.29) is 18.7 Å². The molecule has 4 nitrogen and oxygen atoms in total. The van der Waals surface area contributed by atoms with Gasteiger partial charge in [-0.2, -0.15) is 0 Å². The van der Waals surface area contributed by atoms with Gasteiger partial charge in [-0.25, -0.2) is 4.39 Å². The van der Waals surface area contributed by atoms with Crippen LogP contribution in [0.5, 0.6) is 5.75 Å². The van der Waals surface area contributed by atoms with E-state index in [0.717, 1.165) is 10.9 Å². The molecule has 2 aromatic carbocycles. The Hall–Kier alpha value is -3.39. The minimum absolute atomic E-state index is 0.00220. The Balaban J connectivity index is 1.52. The summed E-state index contributed by atoms with van der Waals surface area (Å²) in [4.78, 5) is 16.1. The highest BCUT2D eigenvalue weighted by Crippen LogP contribution is 2.22. The predicted molar refractivity (Wildman–Crippen MR) is 93.7 cm³/mol. The van der Waals surface area contributed by atoms with Gasteiger partial charge in [0.25, 0.3) is 5.91 Å². The Bertz CT molecular complexity index is 955. The number of fused-ring (bicyclic) bond motifs is 1. The van der Waals surface area contributed by atoms with Crippen molar-refractivity contribution in [3.63, 3.8) is 0 Å². The Morgan fingerprint density at radius 2 is 1.92 bits per heavy atom. The molecule has 0 atom stereocenters. The van der Waals surface area contributed by atoms with Crippen molar-refractivity contribution in [2.75, 3.05) is 13.2 Å². The van der Waals surface area contributed by atoms with E-state index in [2.05, 4.69) is 22.1 Å². The fraction of sp³-hybridized carbons (Fsp3) is 0.100. The van der Waals surface area contributed by atoms with Gasteiger partial charge in [-0.15, -0.1) is 0 Å². The number of hydrogen-bond acceptors (Lipinski definition) is 3. The van der Waals surface area contributed by atoms with Crippen LogP contribution < -0.4 is 10.1 Å². The van der Waals surface area contributed by atoms with Gasteiger partial charge in [0, 0.05) is 11.6 Å². The minimum Gasteiger partial charge on any atom is -0.479 e. The first-order chi connectivity index (χ1) is 12.3. The lowest BCUT2D eigenvalue weighted by Gasteiger charge is -2.05. The molecule has 3 aromatic rings. The quantitative estimate of drug-likeness (QED) is 0.746. The second kappa shape index (κ2) is 7.93. The second-order valence-electron chi connectivity index (χ2n) is 5.14. The molecule has 1 aromatic heterocycles. The fourth-order valence-corrected chi connectivity index (χ4v) is 2.29. The highest BCUT2D eigenvalue weighted by Gasteiger charge is 2.08. The van der Waals surface area contributed by atoms with E-state index >= 15 is 0 Å². The molecule has 124 valence electrons. The van der Waals surface area contributed by atoms with E-state index in [1.165, 1.54) is 18.2 Å². The average molecular weight is 334 g/mol. The van der Waals surface area contributed by atoms with Crippen LogP contribution in [0.4, 0.5) is 4.39 Å². The number of carbonyl (C=O) groups excluding carboxylic acids is 1. The van der Waals surface area contributed by atoms with Crippen LogP contribution >= 0.6 is 0 Å². The van der Waals surface area contributed by atoms with Crippen molar-refractivity contribution < 1.29 is 13.9 Å². The number of para-hydroxylation sites is 1. The molecule has 0 aliphatic heterocycles. The Labute approximate surface area is 144 Å². The number of ether oxygens (including phenoxy) is 1. The van der Waals surface area contributed by atoms with Crippen LogP contribution in [0.2, 0.25) is 0 Å². The molecule has 5 heteroatoms. The number of nitrogens with zero attached hydrogens (tertiary/aromatic N) is 1.